The molecule has 6 N–H and O–H groups in total. The minimum Gasteiger partial charge on any atom is -0.394 e. The third-order valence-electron chi connectivity index (χ3n) is 4.21. The van der Waals surface area contributed by atoms with Gasteiger partial charge in [-0.15, -0.1) is 0 Å². The molecular weight excluding hydrogens is 304 g/mol. The molecular formula is C12H20O10. The molecule has 22 heavy (non-hydrogen) atoms. The molecule has 0 radical (unpaired) electrons. The van der Waals surface area contributed by atoms with Crippen molar-refractivity contribution in [1.82, 2.24) is 0 Å². The molecule has 10 heteroatoms. The van der Waals surface area contributed by atoms with Crippen molar-refractivity contribution >= 4 is 0 Å². The van der Waals surface area contributed by atoms with E-state index in [2.05, 4.69) is 0 Å². The fourth-order valence-corrected chi connectivity index (χ4v) is 2.85. The summed E-state index contributed by atoms with van der Waals surface area (Å²) in [6.45, 7) is -0.503. The fraction of sp³-hybridized carbons (Fsp3) is 1.00. The second-order valence-electron chi connectivity index (χ2n) is 5.66. The SMILES string of the molecule is OC[C@H]1O[C@@H](OC2[C@H]3OC[C@@H](O3)[C@@H](O)[C@@H]2O)[C@H](O)[C@@H](O)[C@@H]1O. The first-order valence-corrected chi connectivity index (χ1v) is 7.03. The fourth-order valence-electron chi connectivity index (χ4n) is 2.85. The average molecular weight is 324 g/mol. The van der Waals surface area contributed by atoms with Gasteiger partial charge in [-0.3, -0.25) is 0 Å². The summed E-state index contributed by atoms with van der Waals surface area (Å²) in [5.74, 6) is 0. The van der Waals surface area contributed by atoms with Gasteiger partial charge in [-0.25, -0.2) is 0 Å². The van der Waals surface area contributed by atoms with Crippen molar-refractivity contribution in [2.24, 2.45) is 0 Å². The molecule has 3 fully saturated rings. The van der Waals surface area contributed by atoms with E-state index in [1.165, 1.54) is 0 Å². The molecule has 1 unspecified atom stereocenters. The Morgan fingerprint density at radius 1 is 0.864 bits per heavy atom. The first kappa shape index (κ1) is 16.5. The highest BCUT2D eigenvalue weighted by molar-refractivity contribution is 4.95. The maximum absolute atomic E-state index is 10.0. The van der Waals surface area contributed by atoms with Crippen molar-refractivity contribution in [3.8, 4) is 0 Å². The number of ether oxygens (including phenoxy) is 4. The van der Waals surface area contributed by atoms with Gasteiger partial charge < -0.3 is 49.6 Å². The summed E-state index contributed by atoms with van der Waals surface area (Å²) in [4.78, 5) is 0. The summed E-state index contributed by atoms with van der Waals surface area (Å²) in [5.41, 5.74) is 0. The largest absolute Gasteiger partial charge is 0.394 e. The topological polar surface area (TPSA) is 158 Å². The van der Waals surface area contributed by atoms with E-state index in [9.17, 15) is 25.5 Å². The zero-order valence-electron chi connectivity index (χ0n) is 11.5. The lowest BCUT2D eigenvalue weighted by atomic mass is 9.98. The van der Waals surface area contributed by atoms with Gasteiger partial charge >= 0.3 is 0 Å². The first-order chi connectivity index (χ1) is 10.4. The van der Waals surface area contributed by atoms with Crippen LogP contribution in [0.4, 0.5) is 0 Å². The third-order valence-corrected chi connectivity index (χ3v) is 4.21. The van der Waals surface area contributed by atoms with Crippen LogP contribution in [-0.2, 0) is 18.9 Å². The van der Waals surface area contributed by atoms with Crippen molar-refractivity contribution in [1.29, 1.82) is 0 Å². The molecule has 0 aliphatic carbocycles. The number of aliphatic hydroxyl groups is 6. The van der Waals surface area contributed by atoms with Gasteiger partial charge in [-0.1, -0.05) is 0 Å². The Morgan fingerprint density at radius 2 is 1.59 bits per heavy atom. The smallest absolute Gasteiger partial charge is 0.187 e. The molecule has 10 nitrogen and oxygen atoms in total. The van der Waals surface area contributed by atoms with Crippen LogP contribution < -0.4 is 0 Å². The van der Waals surface area contributed by atoms with Gasteiger partial charge in [0.15, 0.2) is 12.6 Å². The standard InChI is InChI=1S/C12H20O10/c13-1-3-5(14)7(16)9(18)11(20-3)22-10-8(17)6(15)4-2-19-12(10)21-4/h3-18H,1-2H2/t3-,4-,5-,6-,7+,8+,9-,10?,11+,12+/m1/s1. The Hall–Kier alpha value is -0.400. The van der Waals surface area contributed by atoms with Crippen LogP contribution in [0.5, 0.6) is 0 Å². The molecule has 0 aromatic heterocycles. The predicted octanol–water partition coefficient (Wildman–Crippen LogP) is -4.35. The molecule has 3 saturated heterocycles. The summed E-state index contributed by atoms with van der Waals surface area (Å²) in [7, 11) is 0. The molecule has 3 aliphatic rings. The van der Waals surface area contributed by atoms with E-state index in [0.29, 0.717) is 0 Å². The van der Waals surface area contributed by atoms with Crippen molar-refractivity contribution in [2.75, 3.05) is 13.2 Å². The zero-order chi connectivity index (χ0) is 16.0. The highest BCUT2D eigenvalue weighted by Crippen LogP contribution is 2.32. The Bertz CT molecular complexity index is 392. The molecule has 128 valence electrons. The molecule has 0 aromatic rings. The predicted molar refractivity (Wildman–Crippen MR) is 65.3 cm³/mol. The second-order valence-corrected chi connectivity index (χ2v) is 5.66. The lowest BCUT2D eigenvalue weighted by Crippen LogP contribution is -2.62. The maximum Gasteiger partial charge on any atom is 0.187 e. The van der Waals surface area contributed by atoms with Gasteiger partial charge in [0.2, 0.25) is 0 Å². The molecule has 3 rings (SSSR count). The molecule has 10 atom stereocenters. The minimum absolute atomic E-state index is 0.0947. The van der Waals surface area contributed by atoms with Gasteiger partial charge in [0.1, 0.15) is 48.8 Å². The van der Waals surface area contributed by atoms with Crippen LogP contribution in [0.1, 0.15) is 0 Å². The Morgan fingerprint density at radius 3 is 2.27 bits per heavy atom. The second kappa shape index (κ2) is 6.24. The molecule has 3 aliphatic heterocycles. The lowest BCUT2D eigenvalue weighted by Gasteiger charge is -2.43. The Balaban J connectivity index is 1.71. The number of hydrogen-bond acceptors (Lipinski definition) is 10. The molecule has 2 bridgehead atoms. The monoisotopic (exact) mass is 324 g/mol. The number of aliphatic hydroxyl groups excluding tert-OH is 6. The molecule has 0 amide bonds. The molecule has 0 saturated carbocycles. The highest BCUT2D eigenvalue weighted by Gasteiger charge is 2.53. The van der Waals surface area contributed by atoms with Crippen LogP contribution in [0.3, 0.4) is 0 Å². The Kier molecular flexibility index (Phi) is 4.67. The van der Waals surface area contributed by atoms with Gasteiger partial charge in [0, 0.05) is 0 Å². The zero-order valence-corrected chi connectivity index (χ0v) is 11.5. The summed E-state index contributed by atoms with van der Waals surface area (Å²) < 4.78 is 21.1. The van der Waals surface area contributed by atoms with Crippen LogP contribution >= 0.6 is 0 Å². The number of rotatable bonds is 3. The van der Waals surface area contributed by atoms with Crippen molar-refractivity contribution in [2.45, 2.75) is 61.4 Å². The third kappa shape index (κ3) is 2.65. The van der Waals surface area contributed by atoms with Crippen LogP contribution in [0.15, 0.2) is 0 Å². The summed E-state index contributed by atoms with van der Waals surface area (Å²) in [6.07, 6.45) is -12.6. The Labute approximate surface area is 125 Å². The maximum atomic E-state index is 10.0. The van der Waals surface area contributed by atoms with E-state index in [4.69, 9.17) is 24.1 Å². The van der Waals surface area contributed by atoms with Gasteiger partial charge in [-0.2, -0.15) is 0 Å². The van der Waals surface area contributed by atoms with E-state index in [1.807, 2.05) is 0 Å². The summed E-state index contributed by atoms with van der Waals surface area (Å²) in [6, 6.07) is 0. The quantitative estimate of drug-likeness (QED) is 0.299. The first-order valence-electron chi connectivity index (χ1n) is 7.03. The minimum atomic E-state index is -1.61. The number of fused-ring (bicyclic) bond motifs is 2. The van der Waals surface area contributed by atoms with Gasteiger partial charge in [0.25, 0.3) is 0 Å². The lowest BCUT2D eigenvalue weighted by molar-refractivity contribution is -0.345. The highest BCUT2D eigenvalue weighted by atomic mass is 16.8. The molecule has 0 aromatic carbocycles. The molecule has 3 heterocycles. The van der Waals surface area contributed by atoms with E-state index in [0.717, 1.165) is 0 Å². The van der Waals surface area contributed by atoms with Crippen LogP contribution in [-0.4, -0.2) is 105 Å². The van der Waals surface area contributed by atoms with E-state index < -0.39 is 68.0 Å². The van der Waals surface area contributed by atoms with Crippen LogP contribution in [0.2, 0.25) is 0 Å². The van der Waals surface area contributed by atoms with Crippen molar-refractivity contribution in [3.63, 3.8) is 0 Å². The van der Waals surface area contributed by atoms with Crippen molar-refractivity contribution in [3.05, 3.63) is 0 Å². The van der Waals surface area contributed by atoms with E-state index >= 15 is 0 Å². The summed E-state index contributed by atoms with van der Waals surface area (Å²) in [5, 5.41) is 58.3. The number of hydrogen-bond donors (Lipinski definition) is 6. The van der Waals surface area contributed by atoms with Crippen LogP contribution in [0, 0.1) is 0 Å². The van der Waals surface area contributed by atoms with E-state index in [-0.39, 0.29) is 6.61 Å². The summed E-state index contributed by atoms with van der Waals surface area (Å²) >= 11 is 0. The van der Waals surface area contributed by atoms with Gasteiger partial charge in [0.05, 0.1) is 13.2 Å². The van der Waals surface area contributed by atoms with Crippen LogP contribution in [0.25, 0.3) is 0 Å². The molecule has 0 spiro atoms. The van der Waals surface area contributed by atoms with E-state index in [1.54, 1.807) is 0 Å². The van der Waals surface area contributed by atoms with Gasteiger partial charge in [-0.05, 0) is 0 Å². The average Bonchev–Trinajstić information content (AvgIpc) is 2.96. The van der Waals surface area contributed by atoms with Crippen molar-refractivity contribution < 1.29 is 49.6 Å². The normalized spacial score (nSPS) is 55.4.